The number of likely N-dealkylation sites (N-methyl/N-ethyl adjacent to an activating group) is 1. The maximum absolute atomic E-state index is 12.6. The fourth-order valence-electron chi connectivity index (χ4n) is 5.21. The Morgan fingerprint density at radius 1 is 0.915 bits per heavy atom. The van der Waals surface area contributed by atoms with Crippen LogP contribution < -0.4 is 32.2 Å². The van der Waals surface area contributed by atoms with Crippen LogP contribution >= 0.6 is 0 Å². The van der Waals surface area contributed by atoms with Crippen LogP contribution in [0.2, 0.25) is 0 Å². The molecule has 418 valence electrons. The van der Waals surface area contributed by atoms with Crippen molar-refractivity contribution in [2.24, 2.45) is 34.6 Å². The van der Waals surface area contributed by atoms with Crippen LogP contribution in [0.15, 0.2) is 30.9 Å². The molecule has 18 nitrogen and oxygen atoms in total. The first-order chi connectivity index (χ1) is 33.4. The highest BCUT2D eigenvalue weighted by molar-refractivity contribution is 5.93. The number of primary amides is 1. The Kier molecular flexibility index (Phi) is 53.4. The number of rotatable bonds is 21. The Balaban J connectivity index is -0.000000278. The molecule has 0 radical (unpaired) electrons. The van der Waals surface area contributed by atoms with Crippen molar-refractivity contribution in [3.05, 3.63) is 36.4 Å². The summed E-state index contributed by atoms with van der Waals surface area (Å²) in [6.45, 7) is 40.1. The summed E-state index contributed by atoms with van der Waals surface area (Å²) in [5.41, 5.74) is 10.8. The van der Waals surface area contributed by atoms with Crippen molar-refractivity contribution >= 4 is 41.4 Å². The standard InChI is InChI=1S/C25H37N5O10.C10H21NO2.C6H12.C4H10.4C2H6/c1-13(2)22(23(27)34)30(3)25(37)38-12-14-4-5-17(39-21-10-15(31)9-18(40-21)24(35)36)16(8-14)29-19(32)6-7-28-20(33)11-26;1-4-5-7-11-9(13)10(2,3)6-8-12;1-4-6(3)5-2;1-4(2)3;4*1-2/h4-5,8,13,15,18,21-22,31H,6-7,9-12,26H2,1-3H3,(H2,27,34)(H,28,33)(H,29,32)(H,35,36);12H,4-8H2,1-3H3,(H,11,13);4,6H,1,5H2,2-3H3;4H,1-3H3;4*1-2H3. The molecule has 1 saturated heterocycles. The van der Waals surface area contributed by atoms with E-state index < -0.39 is 59.7 Å². The molecule has 1 fully saturated rings. The highest BCUT2D eigenvalue weighted by Crippen LogP contribution is 2.31. The molecule has 0 aromatic heterocycles. The predicted molar refractivity (Wildman–Crippen MR) is 289 cm³/mol. The van der Waals surface area contributed by atoms with Crippen LogP contribution in [-0.4, -0.2) is 114 Å². The first kappa shape index (κ1) is 77.7. The molecule has 1 aromatic carbocycles. The number of aliphatic hydroxyl groups excluding tert-OH is 2. The Labute approximate surface area is 430 Å². The van der Waals surface area contributed by atoms with Gasteiger partial charge in [0.1, 0.15) is 18.4 Å². The van der Waals surface area contributed by atoms with Crippen LogP contribution in [0.4, 0.5) is 10.5 Å². The van der Waals surface area contributed by atoms with Crippen molar-refractivity contribution in [2.75, 3.05) is 38.6 Å². The number of unbranched alkanes of at least 4 members (excludes halogenated alkanes) is 1. The fraction of sp³-hybridized carbons (Fsp3) is 0.736. The second kappa shape index (κ2) is 48.8. The second-order valence-corrected chi connectivity index (χ2v) is 16.9. The van der Waals surface area contributed by atoms with Gasteiger partial charge in [-0.15, -0.1) is 6.58 Å². The number of amides is 5. The predicted octanol–water partition coefficient (Wildman–Crippen LogP) is 8.79. The van der Waals surface area contributed by atoms with Gasteiger partial charge in [-0.2, -0.15) is 0 Å². The second-order valence-electron chi connectivity index (χ2n) is 16.9. The number of allylic oxidation sites excluding steroid dienone is 1. The van der Waals surface area contributed by atoms with Crippen molar-refractivity contribution in [3.8, 4) is 5.75 Å². The molecule has 5 atom stereocenters. The van der Waals surface area contributed by atoms with E-state index in [1.54, 1.807) is 19.9 Å². The van der Waals surface area contributed by atoms with Gasteiger partial charge in [0, 0.05) is 51.4 Å². The van der Waals surface area contributed by atoms with Crippen molar-refractivity contribution in [3.63, 3.8) is 0 Å². The summed E-state index contributed by atoms with van der Waals surface area (Å²) in [6.07, 6.45) is 1.43. The van der Waals surface area contributed by atoms with Crippen molar-refractivity contribution < 1.29 is 58.3 Å². The molecule has 2 rings (SSSR count). The summed E-state index contributed by atoms with van der Waals surface area (Å²) in [7, 11) is 1.40. The van der Waals surface area contributed by atoms with Gasteiger partial charge in [-0.25, -0.2) is 9.59 Å². The van der Waals surface area contributed by atoms with Gasteiger partial charge < -0.3 is 56.9 Å². The number of ether oxygens (including phenoxy) is 3. The molecule has 10 N–H and O–H groups in total. The zero-order valence-electron chi connectivity index (χ0n) is 47.7. The van der Waals surface area contributed by atoms with Gasteiger partial charge in [0.2, 0.25) is 29.9 Å². The third kappa shape index (κ3) is 40.5. The normalized spacial score (nSPS) is 15.0. The van der Waals surface area contributed by atoms with Gasteiger partial charge in [0.05, 0.1) is 18.3 Å². The number of anilines is 1. The highest BCUT2D eigenvalue weighted by Gasteiger charge is 2.34. The summed E-state index contributed by atoms with van der Waals surface area (Å²) >= 11 is 0. The highest BCUT2D eigenvalue weighted by atomic mass is 16.7. The van der Waals surface area contributed by atoms with Crippen LogP contribution in [0.1, 0.15) is 175 Å². The average Bonchev–Trinajstić information content (AvgIpc) is 3.33. The van der Waals surface area contributed by atoms with E-state index in [-0.39, 0.29) is 68.8 Å². The van der Waals surface area contributed by atoms with Crippen molar-refractivity contribution in [1.82, 2.24) is 15.5 Å². The van der Waals surface area contributed by atoms with E-state index in [1.807, 2.05) is 75.3 Å². The molecule has 0 saturated carbocycles. The number of carboxylic acid groups (broad SMARTS) is 1. The molecule has 0 aliphatic carbocycles. The summed E-state index contributed by atoms with van der Waals surface area (Å²) in [4.78, 5) is 72.1. The largest absolute Gasteiger partial charge is 0.479 e. The molecule has 1 heterocycles. The summed E-state index contributed by atoms with van der Waals surface area (Å²) < 4.78 is 16.5. The fourth-order valence-corrected chi connectivity index (χ4v) is 5.21. The molecule has 5 unspecified atom stereocenters. The van der Waals surface area contributed by atoms with Gasteiger partial charge in [0.25, 0.3) is 0 Å². The van der Waals surface area contributed by atoms with E-state index in [1.165, 1.54) is 25.6 Å². The minimum Gasteiger partial charge on any atom is -0.479 e. The lowest BCUT2D eigenvalue weighted by Crippen LogP contribution is -2.48. The SMILES string of the molecule is C=CC(C)CC.CC.CC.CC.CC.CC(C)C.CC(C)C(C(N)=O)N(C)C(=O)OCc1ccc(OC2CC(O)CC(C(=O)O)O2)c(NC(=O)CCNC(=O)CN)c1.CCCCNC(=O)C(C)(C)CCO. The zero-order valence-corrected chi connectivity index (χ0v) is 47.7. The topological polar surface area (TPSA) is 282 Å². The van der Waals surface area contributed by atoms with E-state index >= 15 is 0 Å². The number of aliphatic hydroxyl groups is 2. The van der Waals surface area contributed by atoms with Gasteiger partial charge in [-0.1, -0.05) is 150 Å². The van der Waals surface area contributed by atoms with Gasteiger partial charge >= 0.3 is 12.1 Å². The van der Waals surface area contributed by atoms with Gasteiger partial charge in [-0.3, -0.25) is 24.1 Å². The van der Waals surface area contributed by atoms with E-state index in [0.29, 0.717) is 17.9 Å². The number of nitrogens with zero attached hydrogens (tertiary/aromatic N) is 1. The first-order valence-corrected chi connectivity index (χ1v) is 25.7. The van der Waals surface area contributed by atoms with Gasteiger partial charge in [0.15, 0.2) is 6.10 Å². The van der Waals surface area contributed by atoms with Crippen LogP contribution in [0.25, 0.3) is 0 Å². The van der Waals surface area contributed by atoms with E-state index in [9.17, 15) is 39.0 Å². The quantitative estimate of drug-likeness (QED) is 0.0423. The smallest absolute Gasteiger partial charge is 0.410 e. The number of nitrogens with one attached hydrogen (secondary N) is 3. The first-order valence-electron chi connectivity index (χ1n) is 25.7. The number of hydrogen-bond acceptors (Lipinski definition) is 12. The molecule has 0 spiro atoms. The monoisotopic (exact) mass is 1020 g/mol. The lowest BCUT2D eigenvalue weighted by molar-refractivity contribution is -0.195. The molecular formula is C53H104N6O12. The number of carbonyl (C=O) groups excluding carboxylic acids is 5. The molecule has 1 aliphatic rings. The summed E-state index contributed by atoms with van der Waals surface area (Å²) in [6, 6.07) is 3.60. The van der Waals surface area contributed by atoms with Crippen LogP contribution in [0, 0.1) is 23.2 Å². The Bertz CT molecular complexity index is 1540. The van der Waals surface area contributed by atoms with Crippen LogP contribution in [-0.2, 0) is 40.1 Å². The van der Waals surface area contributed by atoms with Gasteiger partial charge in [-0.05, 0) is 48.3 Å². The van der Waals surface area contributed by atoms with Crippen molar-refractivity contribution in [1.29, 1.82) is 0 Å². The molecule has 18 heteroatoms. The number of carbonyl (C=O) groups is 6. The molecule has 5 amide bonds. The molecule has 0 bridgehead atoms. The summed E-state index contributed by atoms with van der Waals surface area (Å²) in [5.74, 6) is -1.43. The molecular weight excluding hydrogens is 913 g/mol. The lowest BCUT2D eigenvalue weighted by Gasteiger charge is -2.31. The maximum atomic E-state index is 12.6. The van der Waals surface area contributed by atoms with Crippen molar-refractivity contribution in [2.45, 2.75) is 201 Å². The van der Waals surface area contributed by atoms with Crippen LogP contribution in [0.3, 0.4) is 0 Å². The minimum absolute atomic E-state index is 0.00906. The number of hydrogen-bond donors (Lipinski definition) is 8. The third-order valence-corrected chi connectivity index (χ3v) is 9.18. The Morgan fingerprint density at radius 2 is 1.46 bits per heavy atom. The number of carboxylic acids is 1. The molecule has 1 aromatic rings. The molecule has 71 heavy (non-hydrogen) atoms. The lowest BCUT2D eigenvalue weighted by atomic mass is 9.88. The Hall–Kier alpha value is -4.78. The molecule has 1 aliphatic heterocycles. The number of nitrogens with two attached hydrogens (primary N) is 2. The summed E-state index contributed by atoms with van der Waals surface area (Å²) in [5, 5.41) is 36.0. The van der Waals surface area contributed by atoms with Crippen LogP contribution in [0.5, 0.6) is 5.75 Å². The third-order valence-electron chi connectivity index (χ3n) is 9.18. The van der Waals surface area contributed by atoms with E-state index in [2.05, 4.69) is 64.1 Å². The average molecular weight is 1020 g/mol. The maximum Gasteiger partial charge on any atom is 0.410 e. The minimum atomic E-state index is -1.27. The zero-order chi connectivity index (χ0) is 56.9. The number of aliphatic carboxylic acids is 1. The van der Waals surface area contributed by atoms with E-state index in [0.717, 1.165) is 30.2 Å². The number of benzene rings is 1. The van der Waals surface area contributed by atoms with E-state index in [4.69, 9.17) is 30.8 Å². The Morgan fingerprint density at radius 3 is 1.89 bits per heavy atom.